The Labute approximate surface area is 102 Å². The fourth-order valence-electron chi connectivity index (χ4n) is 1.26. The number of benzene rings is 1. The number of hydrogen-bond donors (Lipinski definition) is 2. The van der Waals surface area contributed by atoms with Crippen LogP contribution in [0, 0.1) is 0 Å². The summed E-state index contributed by atoms with van der Waals surface area (Å²) < 4.78 is 0. The second-order valence-corrected chi connectivity index (χ2v) is 3.35. The number of aromatic nitrogens is 1. The number of hydrogen-bond acceptors (Lipinski definition) is 4. The molecule has 0 spiro atoms. The number of phenols is 1. The van der Waals surface area contributed by atoms with Crippen LogP contribution in [0.2, 0.25) is 0 Å². The molecule has 0 fully saturated rings. The third-order valence-electron chi connectivity index (χ3n) is 1.97. The number of aromatic hydroxyl groups is 1. The smallest absolute Gasteiger partial charge is 0.309 e. The number of carboxylic acids is 2. The molecule has 0 aliphatic carbocycles. The fourth-order valence-corrected chi connectivity index (χ4v) is 1.26. The monoisotopic (exact) mass is 249 g/mol. The molecule has 1 aromatic heterocycles. The number of aromatic amines is 1. The molecule has 0 unspecified atom stereocenters. The minimum atomic E-state index is -1.56. The average molecular weight is 249 g/mol. The van der Waals surface area contributed by atoms with Gasteiger partial charge in [-0.3, -0.25) is 4.79 Å². The minimum absolute atomic E-state index is 0.295. The first-order chi connectivity index (χ1) is 8.50. The van der Waals surface area contributed by atoms with Gasteiger partial charge in [0.1, 0.15) is 0 Å². The van der Waals surface area contributed by atoms with Gasteiger partial charge in [-0.2, -0.15) is 0 Å². The van der Waals surface area contributed by atoms with E-state index in [9.17, 15) is 19.8 Å². The van der Waals surface area contributed by atoms with Crippen molar-refractivity contribution in [2.24, 2.45) is 0 Å². The normalized spacial score (nSPS) is 9.33. The summed E-state index contributed by atoms with van der Waals surface area (Å²) in [6, 6.07) is 9.29. The largest absolute Gasteiger partial charge is 0.550 e. The van der Waals surface area contributed by atoms with Crippen molar-refractivity contribution in [1.82, 2.24) is 0 Å². The first-order valence-corrected chi connectivity index (χ1v) is 5.00. The van der Waals surface area contributed by atoms with Crippen molar-refractivity contribution in [1.29, 1.82) is 0 Å². The van der Waals surface area contributed by atoms with Crippen molar-refractivity contribution in [2.75, 3.05) is 0 Å². The lowest BCUT2D eigenvalue weighted by atomic mass is 10.2. The van der Waals surface area contributed by atoms with Gasteiger partial charge in [0, 0.05) is 6.07 Å². The SMILES string of the molecule is O=C([O-])CC(=O)O.Oc1cccc2ccc[nH+]c12. The van der Waals surface area contributed by atoms with Crippen LogP contribution in [0.3, 0.4) is 0 Å². The zero-order valence-corrected chi connectivity index (χ0v) is 9.29. The van der Waals surface area contributed by atoms with Crippen LogP contribution in [0.15, 0.2) is 36.5 Å². The van der Waals surface area contributed by atoms with Gasteiger partial charge >= 0.3 is 5.97 Å². The van der Waals surface area contributed by atoms with Crippen molar-refractivity contribution < 1.29 is 29.9 Å². The van der Waals surface area contributed by atoms with Crippen molar-refractivity contribution in [2.45, 2.75) is 6.42 Å². The summed E-state index contributed by atoms with van der Waals surface area (Å²) in [6.07, 6.45) is 0.877. The maximum absolute atomic E-state index is 9.39. The van der Waals surface area contributed by atoms with Crippen molar-refractivity contribution >= 4 is 22.8 Å². The molecule has 0 saturated carbocycles. The number of carbonyl (C=O) groups is 2. The van der Waals surface area contributed by atoms with Crippen LogP contribution in [-0.2, 0) is 9.59 Å². The lowest BCUT2D eigenvalue weighted by Gasteiger charge is -1.91. The Morgan fingerprint density at radius 1 is 1.22 bits per heavy atom. The lowest BCUT2D eigenvalue weighted by Crippen LogP contribution is -2.24. The van der Waals surface area contributed by atoms with Crippen LogP contribution in [0.5, 0.6) is 5.75 Å². The summed E-state index contributed by atoms with van der Waals surface area (Å²) >= 11 is 0. The Morgan fingerprint density at radius 2 is 1.89 bits per heavy atom. The molecule has 2 aromatic rings. The predicted molar refractivity (Wildman–Crippen MR) is 59.4 cm³/mol. The van der Waals surface area contributed by atoms with E-state index in [1.165, 1.54) is 0 Å². The highest BCUT2D eigenvalue weighted by molar-refractivity contribution is 5.87. The number of carboxylic acid groups (broad SMARTS) is 2. The molecule has 0 amide bonds. The van der Waals surface area contributed by atoms with Crippen molar-refractivity contribution in [3.63, 3.8) is 0 Å². The van der Waals surface area contributed by atoms with E-state index in [4.69, 9.17) is 5.11 Å². The van der Waals surface area contributed by atoms with Crippen LogP contribution < -0.4 is 10.1 Å². The number of rotatable bonds is 2. The molecule has 0 radical (unpaired) electrons. The number of fused-ring (bicyclic) bond motifs is 1. The Hall–Kier alpha value is -2.63. The predicted octanol–water partition coefficient (Wildman–Crippen LogP) is -0.430. The number of nitrogens with one attached hydrogen (secondary N) is 1. The van der Waals surface area contributed by atoms with Crippen molar-refractivity contribution in [3.05, 3.63) is 36.5 Å². The fraction of sp³-hybridized carbons (Fsp3) is 0.0833. The molecule has 0 saturated heterocycles. The first-order valence-electron chi connectivity index (χ1n) is 5.00. The molecule has 0 aliphatic heterocycles. The highest BCUT2D eigenvalue weighted by atomic mass is 16.4. The van der Waals surface area contributed by atoms with Gasteiger partial charge in [-0.15, -0.1) is 0 Å². The van der Waals surface area contributed by atoms with E-state index in [1.54, 1.807) is 12.3 Å². The van der Waals surface area contributed by atoms with E-state index in [2.05, 4.69) is 4.98 Å². The number of pyridine rings is 1. The summed E-state index contributed by atoms with van der Waals surface area (Å²) in [5.74, 6) is -2.64. The van der Waals surface area contributed by atoms with E-state index in [1.807, 2.05) is 24.3 Å². The van der Waals surface area contributed by atoms with Gasteiger partial charge in [0.2, 0.25) is 0 Å². The molecule has 0 aliphatic rings. The summed E-state index contributed by atoms with van der Waals surface area (Å²) in [4.78, 5) is 21.7. The quantitative estimate of drug-likeness (QED) is 0.701. The molecule has 0 atom stereocenters. The second kappa shape index (κ2) is 6.19. The number of para-hydroxylation sites is 1. The van der Waals surface area contributed by atoms with E-state index in [-0.39, 0.29) is 0 Å². The third kappa shape index (κ3) is 4.09. The van der Waals surface area contributed by atoms with Crippen LogP contribution in [0.4, 0.5) is 0 Å². The maximum atomic E-state index is 9.39. The molecule has 3 N–H and O–H groups in total. The van der Waals surface area contributed by atoms with Gasteiger partial charge in [0.05, 0.1) is 17.8 Å². The van der Waals surface area contributed by atoms with Gasteiger partial charge < -0.3 is 20.1 Å². The minimum Gasteiger partial charge on any atom is -0.550 e. The standard InChI is InChI=1S/C9H7NO.C3H4O4/c11-8-5-1-3-7-4-2-6-10-9(7)8;4-2(5)1-3(6)7/h1-6,11H;1H2,(H,4,5)(H,6,7). The number of H-pyrrole nitrogens is 1. The molecular formula is C12H11NO5. The van der Waals surface area contributed by atoms with E-state index >= 15 is 0 Å². The van der Waals surface area contributed by atoms with Crippen LogP contribution in [-0.4, -0.2) is 22.2 Å². The first kappa shape index (κ1) is 13.4. The summed E-state index contributed by atoms with van der Waals surface area (Å²) in [5, 5.41) is 27.3. The topological polar surface area (TPSA) is 112 Å². The number of phenolic OH excluding ortho intramolecular Hbond substituents is 1. The van der Waals surface area contributed by atoms with Gasteiger partial charge in [-0.25, -0.2) is 4.98 Å². The highest BCUT2D eigenvalue weighted by Gasteiger charge is 2.02. The van der Waals surface area contributed by atoms with E-state index < -0.39 is 18.4 Å². The van der Waals surface area contributed by atoms with Crippen molar-refractivity contribution in [3.8, 4) is 5.75 Å². The molecule has 1 heterocycles. The summed E-state index contributed by atoms with van der Waals surface area (Å²) in [5.41, 5.74) is 0.787. The Balaban J connectivity index is 0.000000203. The molecule has 6 nitrogen and oxygen atoms in total. The molecule has 18 heavy (non-hydrogen) atoms. The van der Waals surface area contributed by atoms with E-state index in [0.717, 1.165) is 10.9 Å². The zero-order valence-electron chi connectivity index (χ0n) is 9.29. The zero-order chi connectivity index (χ0) is 13.5. The Morgan fingerprint density at radius 3 is 2.39 bits per heavy atom. The lowest BCUT2D eigenvalue weighted by molar-refractivity contribution is -0.345. The molecule has 6 heteroatoms. The van der Waals surface area contributed by atoms with Gasteiger partial charge in [0.25, 0.3) is 5.52 Å². The average Bonchev–Trinajstić information content (AvgIpc) is 2.29. The summed E-state index contributed by atoms with van der Waals surface area (Å²) in [6.45, 7) is 0. The van der Waals surface area contributed by atoms with Gasteiger partial charge in [0.15, 0.2) is 11.9 Å². The van der Waals surface area contributed by atoms with Crippen LogP contribution >= 0.6 is 0 Å². The molecular weight excluding hydrogens is 238 g/mol. The highest BCUT2D eigenvalue weighted by Crippen LogP contribution is 2.18. The second-order valence-electron chi connectivity index (χ2n) is 3.35. The van der Waals surface area contributed by atoms with Gasteiger partial charge in [-0.05, 0) is 18.2 Å². The number of carbonyl (C=O) groups excluding carboxylic acids is 1. The molecule has 94 valence electrons. The van der Waals surface area contributed by atoms with Crippen LogP contribution in [0.1, 0.15) is 6.42 Å². The molecule has 0 bridgehead atoms. The van der Waals surface area contributed by atoms with Crippen LogP contribution in [0.25, 0.3) is 10.9 Å². The summed E-state index contributed by atoms with van der Waals surface area (Å²) in [7, 11) is 0. The Bertz CT molecular complexity index is 550. The van der Waals surface area contributed by atoms with E-state index in [0.29, 0.717) is 5.75 Å². The third-order valence-corrected chi connectivity index (χ3v) is 1.97. The maximum Gasteiger partial charge on any atom is 0.309 e. The molecule has 1 aromatic carbocycles. The number of aliphatic carboxylic acids is 2. The van der Waals surface area contributed by atoms with Gasteiger partial charge in [-0.1, -0.05) is 6.07 Å². The Kier molecular flexibility index (Phi) is 4.62. The molecule has 2 rings (SSSR count).